The van der Waals surface area contributed by atoms with Crippen LogP contribution in [0.5, 0.6) is 0 Å². The van der Waals surface area contributed by atoms with Gasteiger partial charge in [0.1, 0.15) is 0 Å². The van der Waals surface area contributed by atoms with Gasteiger partial charge in [0.2, 0.25) is 5.91 Å². The molecule has 4 nitrogen and oxygen atoms in total. The summed E-state index contributed by atoms with van der Waals surface area (Å²) in [5, 5.41) is 3.37. The van der Waals surface area contributed by atoms with Crippen LogP contribution in [0.1, 0.15) is 39.0 Å². The maximum absolute atomic E-state index is 12.5. The Morgan fingerprint density at radius 2 is 1.74 bits per heavy atom. The molecular formula is C15H27N3O. The van der Waals surface area contributed by atoms with Gasteiger partial charge in [-0.3, -0.25) is 4.79 Å². The Kier molecular flexibility index (Phi) is 4.08. The van der Waals surface area contributed by atoms with E-state index in [1.807, 2.05) is 0 Å². The van der Waals surface area contributed by atoms with Crippen LogP contribution < -0.4 is 5.32 Å². The lowest BCUT2D eigenvalue weighted by Gasteiger charge is -2.38. The lowest BCUT2D eigenvalue weighted by atomic mass is 9.99. The lowest BCUT2D eigenvalue weighted by Crippen LogP contribution is -2.51. The number of rotatable bonds is 2. The third-order valence-electron chi connectivity index (χ3n) is 5.23. The highest BCUT2D eigenvalue weighted by Gasteiger charge is 2.35. The fourth-order valence-corrected chi connectivity index (χ4v) is 3.92. The molecule has 0 radical (unpaired) electrons. The summed E-state index contributed by atoms with van der Waals surface area (Å²) in [7, 11) is 0. The standard InChI is InChI=1S/C15H27N3O/c1-12-4-7-16-14(12)15(19)18-10-5-13(6-11-18)17-8-2-3-9-17/h12-14,16H,2-11H2,1H3. The molecule has 3 saturated heterocycles. The highest BCUT2D eigenvalue weighted by molar-refractivity contribution is 5.82. The molecule has 0 aromatic rings. The van der Waals surface area contributed by atoms with Crippen LogP contribution in [0.25, 0.3) is 0 Å². The second-order valence-electron chi connectivity index (χ2n) is 6.50. The number of carbonyl (C=O) groups excluding carboxylic acids is 1. The zero-order valence-corrected chi connectivity index (χ0v) is 12.1. The molecule has 0 aliphatic carbocycles. The first-order valence-corrected chi connectivity index (χ1v) is 8.02. The maximum Gasteiger partial charge on any atom is 0.239 e. The van der Waals surface area contributed by atoms with E-state index in [0.717, 1.165) is 32.1 Å². The largest absolute Gasteiger partial charge is 0.341 e. The molecule has 2 unspecified atom stereocenters. The Balaban J connectivity index is 1.50. The first kappa shape index (κ1) is 13.4. The van der Waals surface area contributed by atoms with Gasteiger partial charge in [-0.05, 0) is 57.7 Å². The van der Waals surface area contributed by atoms with Gasteiger partial charge in [0.15, 0.2) is 0 Å². The average molecular weight is 265 g/mol. The number of piperidine rings is 1. The van der Waals surface area contributed by atoms with E-state index in [1.54, 1.807) is 0 Å². The van der Waals surface area contributed by atoms with Crippen molar-refractivity contribution in [1.82, 2.24) is 15.1 Å². The second-order valence-corrected chi connectivity index (χ2v) is 6.50. The topological polar surface area (TPSA) is 35.6 Å². The minimum absolute atomic E-state index is 0.0864. The normalized spacial score (nSPS) is 34.1. The number of nitrogens with one attached hydrogen (secondary N) is 1. The van der Waals surface area contributed by atoms with E-state index in [4.69, 9.17) is 0 Å². The van der Waals surface area contributed by atoms with Crippen LogP contribution in [-0.2, 0) is 4.79 Å². The fourth-order valence-electron chi connectivity index (χ4n) is 3.92. The Morgan fingerprint density at radius 1 is 1.05 bits per heavy atom. The van der Waals surface area contributed by atoms with Crippen molar-refractivity contribution in [3.63, 3.8) is 0 Å². The summed E-state index contributed by atoms with van der Waals surface area (Å²) >= 11 is 0. The Hall–Kier alpha value is -0.610. The molecule has 1 amide bonds. The molecule has 0 spiro atoms. The zero-order chi connectivity index (χ0) is 13.2. The van der Waals surface area contributed by atoms with Gasteiger partial charge in [0.05, 0.1) is 6.04 Å². The van der Waals surface area contributed by atoms with Crippen LogP contribution in [0.4, 0.5) is 0 Å². The minimum atomic E-state index is 0.0864. The SMILES string of the molecule is CC1CCNC1C(=O)N1CCC(N2CCCC2)CC1. The summed E-state index contributed by atoms with van der Waals surface area (Å²) < 4.78 is 0. The van der Waals surface area contributed by atoms with E-state index in [2.05, 4.69) is 22.0 Å². The Labute approximate surface area is 116 Å². The number of amides is 1. The smallest absolute Gasteiger partial charge is 0.239 e. The van der Waals surface area contributed by atoms with Crippen LogP contribution in [0.2, 0.25) is 0 Å². The molecule has 1 N–H and O–H groups in total. The van der Waals surface area contributed by atoms with Crippen LogP contribution in [0, 0.1) is 5.92 Å². The third kappa shape index (κ3) is 2.79. The van der Waals surface area contributed by atoms with Crippen molar-refractivity contribution in [2.24, 2.45) is 5.92 Å². The van der Waals surface area contributed by atoms with Gasteiger partial charge < -0.3 is 15.1 Å². The summed E-state index contributed by atoms with van der Waals surface area (Å²) in [6.45, 7) is 7.68. The molecule has 0 aromatic heterocycles. The number of hydrogen-bond donors (Lipinski definition) is 1. The van der Waals surface area contributed by atoms with Crippen LogP contribution in [-0.4, -0.2) is 60.5 Å². The van der Waals surface area contributed by atoms with Crippen LogP contribution in [0.15, 0.2) is 0 Å². The van der Waals surface area contributed by atoms with Crippen LogP contribution >= 0.6 is 0 Å². The monoisotopic (exact) mass is 265 g/mol. The Morgan fingerprint density at radius 3 is 2.32 bits per heavy atom. The molecule has 3 heterocycles. The van der Waals surface area contributed by atoms with Crippen LogP contribution in [0.3, 0.4) is 0 Å². The van der Waals surface area contributed by atoms with E-state index in [-0.39, 0.29) is 6.04 Å². The maximum atomic E-state index is 12.5. The minimum Gasteiger partial charge on any atom is -0.341 e. The second kappa shape index (κ2) is 5.80. The molecule has 4 heteroatoms. The predicted molar refractivity (Wildman–Crippen MR) is 76.0 cm³/mol. The molecular weight excluding hydrogens is 238 g/mol. The van der Waals surface area contributed by atoms with Gasteiger partial charge in [-0.1, -0.05) is 6.92 Å². The number of hydrogen-bond acceptors (Lipinski definition) is 3. The molecule has 3 aliphatic rings. The van der Waals surface area contributed by atoms with E-state index in [9.17, 15) is 4.79 Å². The van der Waals surface area contributed by atoms with Crippen molar-refractivity contribution in [3.05, 3.63) is 0 Å². The number of carbonyl (C=O) groups is 1. The summed E-state index contributed by atoms with van der Waals surface area (Å²) in [5.41, 5.74) is 0. The summed E-state index contributed by atoms with van der Waals surface area (Å²) in [6, 6.07) is 0.823. The molecule has 108 valence electrons. The van der Waals surface area contributed by atoms with Gasteiger partial charge in [0.25, 0.3) is 0 Å². The van der Waals surface area contributed by atoms with Crippen molar-refractivity contribution in [3.8, 4) is 0 Å². The van der Waals surface area contributed by atoms with Gasteiger partial charge in [-0.15, -0.1) is 0 Å². The summed E-state index contributed by atoms with van der Waals surface area (Å²) in [5.74, 6) is 0.855. The summed E-state index contributed by atoms with van der Waals surface area (Å²) in [4.78, 5) is 17.2. The highest BCUT2D eigenvalue weighted by atomic mass is 16.2. The molecule has 0 bridgehead atoms. The first-order chi connectivity index (χ1) is 9.25. The molecule has 3 aliphatic heterocycles. The molecule has 3 fully saturated rings. The van der Waals surface area contributed by atoms with E-state index >= 15 is 0 Å². The van der Waals surface area contributed by atoms with E-state index in [0.29, 0.717) is 11.8 Å². The van der Waals surface area contributed by atoms with Crippen molar-refractivity contribution >= 4 is 5.91 Å². The highest BCUT2D eigenvalue weighted by Crippen LogP contribution is 2.23. The van der Waals surface area contributed by atoms with Crippen molar-refractivity contribution in [1.29, 1.82) is 0 Å². The predicted octanol–water partition coefficient (Wildman–Crippen LogP) is 1.07. The fraction of sp³-hybridized carbons (Fsp3) is 0.933. The number of likely N-dealkylation sites (tertiary alicyclic amines) is 2. The number of nitrogens with zero attached hydrogens (tertiary/aromatic N) is 2. The average Bonchev–Trinajstić information content (AvgIpc) is 3.09. The van der Waals surface area contributed by atoms with Crippen molar-refractivity contribution in [2.45, 2.75) is 51.1 Å². The zero-order valence-electron chi connectivity index (χ0n) is 12.1. The van der Waals surface area contributed by atoms with E-state index < -0.39 is 0 Å². The Bertz CT molecular complexity index is 319. The van der Waals surface area contributed by atoms with Crippen molar-refractivity contribution in [2.75, 3.05) is 32.7 Å². The quantitative estimate of drug-likeness (QED) is 0.811. The molecule has 0 aromatic carbocycles. The van der Waals surface area contributed by atoms with Gasteiger partial charge in [-0.2, -0.15) is 0 Å². The van der Waals surface area contributed by atoms with Crippen molar-refractivity contribution < 1.29 is 4.79 Å². The molecule has 3 rings (SSSR count). The lowest BCUT2D eigenvalue weighted by molar-refractivity contribution is -0.135. The van der Waals surface area contributed by atoms with Gasteiger partial charge in [0, 0.05) is 19.1 Å². The first-order valence-electron chi connectivity index (χ1n) is 8.02. The molecule has 2 atom stereocenters. The third-order valence-corrected chi connectivity index (χ3v) is 5.23. The molecule has 19 heavy (non-hydrogen) atoms. The molecule has 0 saturated carbocycles. The van der Waals surface area contributed by atoms with E-state index in [1.165, 1.54) is 38.8 Å². The van der Waals surface area contributed by atoms with Gasteiger partial charge >= 0.3 is 0 Å². The summed E-state index contributed by atoms with van der Waals surface area (Å²) in [6.07, 6.45) is 6.21. The van der Waals surface area contributed by atoms with Gasteiger partial charge in [-0.25, -0.2) is 0 Å².